The van der Waals surface area contributed by atoms with E-state index in [0.717, 1.165) is 16.9 Å². The average molecular weight is 559 g/mol. The fraction of sp³-hybridized carbons (Fsp3) is 0.407. The van der Waals surface area contributed by atoms with Gasteiger partial charge in [0.05, 0.1) is 19.1 Å². The number of aliphatic hydroxyl groups excluding tert-OH is 1. The molecule has 38 heavy (non-hydrogen) atoms. The third kappa shape index (κ3) is 6.90. The molecule has 1 aliphatic heterocycles. The molecule has 9 nitrogen and oxygen atoms in total. The van der Waals surface area contributed by atoms with E-state index in [1.165, 1.54) is 0 Å². The summed E-state index contributed by atoms with van der Waals surface area (Å²) in [4.78, 5) is 21.3. The number of thiophene rings is 1. The maximum Gasteiger partial charge on any atom is 0.271 e. The van der Waals surface area contributed by atoms with Gasteiger partial charge in [-0.05, 0) is 61.3 Å². The number of likely N-dealkylation sites (N-methyl/N-ethyl adjacent to an activating group) is 1. The lowest BCUT2D eigenvalue weighted by Gasteiger charge is -2.34. The molecule has 3 heterocycles. The van der Waals surface area contributed by atoms with E-state index in [2.05, 4.69) is 14.6 Å². The Morgan fingerprint density at radius 3 is 2.71 bits per heavy atom. The van der Waals surface area contributed by atoms with Crippen LogP contribution in [0, 0.1) is 5.92 Å². The predicted octanol–water partition coefficient (Wildman–Crippen LogP) is 3.22. The number of pyridine rings is 1. The lowest BCUT2D eigenvalue weighted by molar-refractivity contribution is -0.134. The summed E-state index contributed by atoms with van der Waals surface area (Å²) in [6.07, 6.45) is 3.31. The molecule has 1 amide bonds. The summed E-state index contributed by atoms with van der Waals surface area (Å²) in [7, 11) is -1.72. The Labute approximate surface area is 228 Å². The van der Waals surface area contributed by atoms with E-state index in [9.17, 15) is 18.3 Å². The summed E-state index contributed by atoms with van der Waals surface area (Å²) < 4.78 is 34.9. The number of sulfonamides is 1. The standard InChI is InChI=1S/C27H34N4O5S2/c1-19-15-31(20(2)18-32)26(33)14-22-13-23(29-38(34,35)27-5-4-12-37-27)6-7-24(22)36-25(19)17-30(3)16-21-8-10-28-11-9-21/h4-13,19-20,25,29,32H,14-18H2,1-3H3/t19-,20+,25+/m1/s1. The third-order valence-electron chi connectivity index (χ3n) is 6.62. The van der Waals surface area contributed by atoms with Crippen LogP contribution in [0.3, 0.4) is 0 Å². The highest BCUT2D eigenvalue weighted by molar-refractivity contribution is 7.94. The van der Waals surface area contributed by atoms with Crippen molar-refractivity contribution < 1.29 is 23.1 Å². The van der Waals surface area contributed by atoms with Gasteiger partial charge in [-0.3, -0.25) is 19.4 Å². The van der Waals surface area contributed by atoms with Gasteiger partial charge >= 0.3 is 0 Å². The number of hydrogen-bond donors (Lipinski definition) is 2. The molecule has 1 aliphatic rings. The predicted molar refractivity (Wildman–Crippen MR) is 148 cm³/mol. The van der Waals surface area contributed by atoms with Crippen molar-refractivity contribution in [3.05, 3.63) is 71.4 Å². The molecular weight excluding hydrogens is 524 g/mol. The minimum atomic E-state index is -3.74. The fourth-order valence-corrected chi connectivity index (χ4v) is 6.55. The van der Waals surface area contributed by atoms with Gasteiger partial charge in [0.1, 0.15) is 16.1 Å². The second kappa shape index (κ2) is 12.2. The molecule has 0 bridgehead atoms. The van der Waals surface area contributed by atoms with Gasteiger partial charge in [-0.25, -0.2) is 8.42 Å². The molecule has 11 heteroatoms. The van der Waals surface area contributed by atoms with Crippen molar-refractivity contribution in [2.45, 2.75) is 43.2 Å². The van der Waals surface area contributed by atoms with Crippen LogP contribution in [-0.4, -0.2) is 73.1 Å². The first-order chi connectivity index (χ1) is 18.2. The Bertz CT molecular complexity index is 1320. The Morgan fingerprint density at radius 2 is 2.03 bits per heavy atom. The third-order valence-corrected chi connectivity index (χ3v) is 9.40. The van der Waals surface area contributed by atoms with Crippen LogP contribution in [0.1, 0.15) is 25.0 Å². The van der Waals surface area contributed by atoms with Crippen molar-refractivity contribution in [2.24, 2.45) is 5.92 Å². The van der Waals surface area contributed by atoms with Crippen LogP contribution in [0.5, 0.6) is 5.75 Å². The molecule has 204 valence electrons. The first-order valence-electron chi connectivity index (χ1n) is 12.5. The molecule has 0 spiro atoms. The van der Waals surface area contributed by atoms with Crippen molar-refractivity contribution in [1.82, 2.24) is 14.8 Å². The molecule has 0 aliphatic carbocycles. The second-order valence-corrected chi connectivity index (χ2v) is 12.7. The fourth-order valence-electron chi connectivity index (χ4n) is 4.50. The van der Waals surface area contributed by atoms with E-state index in [-0.39, 0.29) is 41.2 Å². The molecule has 0 unspecified atom stereocenters. The number of nitrogens with one attached hydrogen (secondary N) is 1. The quantitative estimate of drug-likeness (QED) is 0.415. The van der Waals surface area contributed by atoms with Crippen molar-refractivity contribution in [2.75, 3.05) is 31.5 Å². The van der Waals surface area contributed by atoms with Gasteiger partial charge in [-0.2, -0.15) is 0 Å². The zero-order valence-electron chi connectivity index (χ0n) is 21.8. The first-order valence-corrected chi connectivity index (χ1v) is 14.9. The topological polar surface area (TPSA) is 112 Å². The number of aromatic nitrogens is 1. The molecule has 2 N–H and O–H groups in total. The van der Waals surface area contributed by atoms with Crippen molar-refractivity contribution in [3.8, 4) is 5.75 Å². The van der Waals surface area contributed by atoms with Crippen LogP contribution in [0.15, 0.2) is 64.4 Å². The van der Waals surface area contributed by atoms with Gasteiger partial charge < -0.3 is 14.7 Å². The van der Waals surface area contributed by atoms with Crippen molar-refractivity contribution in [1.29, 1.82) is 0 Å². The average Bonchev–Trinajstić information content (AvgIpc) is 3.44. The number of nitrogens with zero attached hydrogens (tertiary/aromatic N) is 3. The molecule has 2 aromatic heterocycles. The van der Waals surface area contributed by atoms with E-state index in [1.807, 2.05) is 33.0 Å². The SMILES string of the molecule is C[C@@H]1CN([C@@H](C)CO)C(=O)Cc2cc(NS(=O)(=O)c3cccs3)ccc2O[C@H]1CN(C)Cc1ccncc1. The van der Waals surface area contributed by atoms with Crippen molar-refractivity contribution in [3.63, 3.8) is 0 Å². The minimum Gasteiger partial charge on any atom is -0.488 e. The Balaban J connectivity index is 1.63. The highest BCUT2D eigenvalue weighted by Crippen LogP contribution is 2.30. The molecular formula is C27H34N4O5S2. The maximum atomic E-state index is 13.4. The normalized spacial score (nSPS) is 19.2. The molecule has 0 radical (unpaired) electrons. The van der Waals surface area contributed by atoms with Gasteiger partial charge in [0.15, 0.2) is 0 Å². The van der Waals surface area contributed by atoms with E-state index in [1.54, 1.807) is 53.0 Å². The van der Waals surface area contributed by atoms with Crippen molar-refractivity contribution >= 4 is 33.0 Å². The first kappa shape index (κ1) is 28.0. The summed E-state index contributed by atoms with van der Waals surface area (Å²) in [5.41, 5.74) is 2.08. The molecule has 3 atom stereocenters. The van der Waals surface area contributed by atoms with E-state index < -0.39 is 10.0 Å². The van der Waals surface area contributed by atoms with E-state index >= 15 is 0 Å². The molecule has 0 saturated carbocycles. The number of rotatable bonds is 9. The van der Waals surface area contributed by atoms with Gasteiger partial charge in [0.2, 0.25) is 5.91 Å². The summed E-state index contributed by atoms with van der Waals surface area (Å²) in [5, 5.41) is 11.5. The largest absolute Gasteiger partial charge is 0.488 e. The molecule has 4 rings (SSSR count). The van der Waals surface area contributed by atoms with Crippen LogP contribution in [0.25, 0.3) is 0 Å². The Kier molecular flexibility index (Phi) is 9.03. The smallest absolute Gasteiger partial charge is 0.271 e. The number of fused-ring (bicyclic) bond motifs is 1. The van der Waals surface area contributed by atoms with Gasteiger partial charge in [0.25, 0.3) is 10.0 Å². The zero-order chi connectivity index (χ0) is 27.3. The number of ether oxygens (including phenoxy) is 1. The highest BCUT2D eigenvalue weighted by Gasteiger charge is 2.31. The summed E-state index contributed by atoms with van der Waals surface area (Å²) in [5.74, 6) is 0.369. The monoisotopic (exact) mass is 558 g/mol. The number of benzene rings is 1. The highest BCUT2D eigenvalue weighted by atomic mass is 32.2. The number of amides is 1. The number of carbonyl (C=O) groups excluding carboxylic acids is 1. The number of aliphatic hydroxyl groups is 1. The lowest BCUT2D eigenvalue weighted by Crippen LogP contribution is -2.47. The van der Waals surface area contributed by atoms with Crippen LogP contribution in [0.2, 0.25) is 0 Å². The number of carbonyl (C=O) groups is 1. The van der Waals surface area contributed by atoms with Crippen LogP contribution in [-0.2, 0) is 27.8 Å². The van der Waals surface area contributed by atoms with Crippen LogP contribution >= 0.6 is 11.3 Å². The zero-order valence-corrected chi connectivity index (χ0v) is 23.4. The Morgan fingerprint density at radius 1 is 1.26 bits per heavy atom. The van der Waals surface area contributed by atoms with Gasteiger partial charge in [-0.15, -0.1) is 11.3 Å². The minimum absolute atomic E-state index is 0.0283. The number of anilines is 1. The molecule has 3 aromatic rings. The van der Waals surface area contributed by atoms with E-state index in [4.69, 9.17) is 4.74 Å². The maximum absolute atomic E-state index is 13.4. The van der Waals surface area contributed by atoms with E-state index in [0.29, 0.717) is 36.6 Å². The summed E-state index contributed by atoms with van der Waals surface area (Å²) in [6, 6.07) is 11.9. The second-order valence-electron chi connectivity index (χ2n) is 9.80. The molecule has 1 aromatic carbocycles. The lowest BCUT2D eigenvalue weighted by atomic mass is 10.0. The summed E-state index contributed by atoms with van der Waals surface area (Å²) >= 11 is 1.13. The van der Waals surface area contributed by atoms with Gasteiger partial charge in [-0.1, -0.05) is 13.0 Å². The van der Waals surface area contributed by atoms with Crippen LogP contribution in [0.4, 0.5) is 5.69 Å². The number of hydrogen-bond acceptors (Lipinski definition) is 8. The Hall–Kier alpha value is -2.99. The van der Waals surface area contributed by atoms with Gasteiger partial charge in [0, 0.05) is 49.2 Å². The molecule has 0 saturated heterocycles. The van der Waals surface area contributed by atoms with Crippen LogP contribution < -0.4 is 9.46 Å². The summed E-state index contributed by atoms with van der Waals surface area (Å²) in [6.45, 7) is 5.45. The molecule has 0 fully saturated rings.